The quantitative estimate of drug-likeness (QED) is 0.794. The molecule has 1 N–H and O–H groups in total. The molecule has 0 aromatic heterocycles. The molecule has 3 heteroatoms. The van der Waals surface area contributed by atoms with Crippen LogP contribution >= 0.6 is 15.9 Å². The van der Waals surface area contributed by atoms with Crippen molar-refractivity contribution in [2.75, 3.05) is 6.54 Å². The Kier molecular flexibility index (Phi) is 3.62. The molecule has 92 valence electrons. The molecule has 0 heterocycles. The Morgan fingerprint density at radius 1 is 1.44 bits per heavy atom. The predicted molar refractivity (Wildman–Crippen MR) is 69.6 cm³/mol. The fourth-order valence-corrected chi connectivity index (χ4v) is 3.55. The van der Waals surface area contributed by atoms with E-state index in [0.717, 1.165) is 13.0 Å². The number of halogens is 1. The van der Waals surface area contributed by atoms with Crippen LogP contribution in [-0.4, -0.2) is 17.3 Å². The minimum atomic E-state index is 0.259. The molecule has 2 aliphatic carbocycles. The van der Waals surface area contributed by atoms with Gasteiger partial charge in [-0.1, -0.05) is 36.2 Å². The van der Waals surface area contributed by atoms with Crippen LogP contribution in [0.5, 0.6) is 0 Å². The summed E-state index contributed by atoms with van der Waals surface area (Å²) in [6.45, 7) is 5.23. The summed E-state index contributed by atoms with van der Waals surface area (Å²) in [5, 5.41) is 3.13. The smallest absolute Gasteiger partial charge is 0.223 e. The van der Waals surface area contributed by atoms with Crippen LogP contribution in [0.4, 0.5) is 0 Å². The van der Waals surface area contributed by atoms with Crippen molar-refractivity contribution in [2.24, 2.45) is 17.3 Å². The molecule has 2 rings (SSSR count). The van der Waals surface area contributed by atoms with Crippen LogP contribution in [0, 0.1) is 17.3 Å². The zero-order valence-electron chi connectivity index (χ0n) is 10.3. The third-order valence-corrected chi connectivity index (χ3v) is 4.95. The maximum Gasteiger partial charge on any atom is 0.223 e. The number of amides is 1. The summed E-state index contributed by atoms with van der Waals surface area (Å²) in [6.07, 6.45) is 6.14. The Morgan fingerprint density at radius 3 is 2.69 bits per heavy atom. The molecule has 3 unspecified atom stereocenters. The minimum Gasteiger partial charge on any atom is -0.356 e. The zero-order valence-corrected chi connectivity index (χ0v) is 11.8. The molecule has 2 fully saturated rings. The summed E-state index contributed by atoms with van der Waals surface area (Å²) in [5.41, 5.74) is 0.259. The van der Waals surface area contributed by atoms with Gasteiger partial charge in [-0.25, -0.2) is 0 Å². The second kappa shape index (κ2) is 4.67. The van der Waals surface area contributed by atoms with Gasteiger partial charge in [0.2, 0.25) is 5.91 Å². The van der Waals surface area contributed by atoms with Crippen molar-refractivity contribution in [1.29, 1.82) is 0 Å². The third-order valence-electron chi connectivity index (χ3n) is 4.11. The first-order valence-corrected chi connectivity index (χ1v) is 7.32. The summed E-state index contributed by atoms with van der Waals surface area (Å²) in [6, 6.07) is 0. The van der Waals surface area contributed by atoms with Gasteiger partial charge in [0.15, 0.2) is 0 Å². The molecule has 0 aromatic carbocycles. The molecule has 0 aliphatic heterocycles. The topological polar surface area (TPSA) is 29.1 Å². The number of carbonyl (C=O) groups excluding carboxylic acids is 1. The van der Waals surface area contributed by atoms with Crippen LogP contribution in [-0.2, 0) is 4.79 Å². The van der Waals surface area contributed by atoms with E-state index >= 15 is 0 Å². The van der Waals surface area contributed by atoms with Crippen molar-refractivity contribution in [3.8, 4) is 0 Å². The molecule has 2 saturated carbocycles. The lowest BCUT2D eigenvalue weighted by Crippen LogP contribution is -2.33. The van der Waals surface area contributed by atoms with Crippen molar-refractivity contribution in [3.63, 3.8) is 0 Å². The molecule has 2 aliphatic rings. The highest BCUT2D eigenvalue weighted by molar-refractivity contribution is 9.09. The molecular weight excluding hydrogens is 266 g/mol. The van der Waals surface area contributed by atoms with Crippen molar-refractivity contribution in [3.05, 3.63) is 0 Å². The summed E-state index contributed by atoms with van der Waals surface area (Å²) in [7, 11) is 0. The van der Waals surface area contributed by atoms with E-state index in [1.165, 1.54) is 25.7 Å². The average Bonchev–Trinajstić information content (AvgIpc) is 2.85. The van der Waals surface area contributed by atoms with Gasteiger partial charge in [-0.2, -0.15) is 0 Å². The molecule has 16 heavy (non-hydrogen) atoms. The van der Waals surface area contributed by atoms with Crippen molar-refractivity contribution >= 4 is 21.8 Å². The lowest BCUT2D eigenvalue weighted by molar-refractivity contribution is -0.123. The van der Waals surface area contributed by atoms with Crippen LogP contribution in [0.15, 0.2) is 0 Å². The number of rotatable bonds is 3. The molecule has 3 atom stereocenters. The molecule has 1 amide bonds. The highest BCUT2D eigenvalue weighted by atomic mass is 79.9. The normalized spacial score (nSPS) is 36.8. The number of nitrogens with one attached hydrogen (secondary N) is 1. The van der Waals surface area contributed by atoms with E-state index < -0.39 is 0 Å². The summed E-state index contributed by atoms with van der Waals surface area (Å²) < 4.78 is 0. The molecule has 0 saturated heterocycles. The Balaban J connectivity index is 1.69. The van der Waals surface area contributed by atoms with Crippen LogP contribution < -0.4 is 5.32 Å². The molecule has 2 nitrogen and oxygen atoms in total. The Labute approximate surface area is 107 Å². The highest BCUT2D eigenvalue weighted by Crippen LogP contribution is 2.51. The fourth-order valence-electron chi connectivity index (χ4n) is 2.69. The zero-order chi connectivity index (χ0) is 11.8. The van der Waals surface area contributed by atoms with Crippen LogP contribution in [0.1, 0.15) is 46.0 Å². The maximum atomic E-state index is 11.8. The van der Waals surface area contributed by atoms with E-state index in [1.54, 1.807) is 0 Å². The number of carbonyl (C=O) groups is 1. The molecule has 0 bridgehead atoms. The van der Waals surface area contributed by atoms with E-state index in [4.69, 9.17) is 0 Å². The fraction of sp³-hybridized carbons (Fsp3) is 0.923. The Hall–Kier alpha value is -0.0500. The summed E-state index contributed by atoms with van der Waals surface area (Å²) in [4.78, 5) is 12.5. The van der Waals surface area contributed by atoms with E-state index in [1.807, 2.05) is 0 Å². The average molecular weight is 288 g/mol. The van der Waals surface area contributed by atoms with Crippen LogP contribution in [0.25, 0.3) is 0 Å². The molecule has 0 spiro atoms. The first-order valence-electron chi connectivity index (χ1n) is 6.41. The number of hydrogen-bond acceptors (Lipinski definition) is 1. The largest absolute Gasteiger partial charge is 0.356 e. The minimum absolute atomic E-state index is 0.259. The van der Waals surface area contributed by atoms with Gasteiger partial charge in [0.1, 0.15) is 0 Å². The monoisotopic (exact) mass is 287 g/mol. The van der Waals surface area contributed by atoms with E-state index in [2.05, 4.69) is 35.1 Å². The van der Waals surface area contributed by atoms with Crippen molar-refractivity contribution in [1.82, 2.24) is 5.32 Å². The van der Waals surface area contributed by atoms with Crippen LogP contribution in [0.2, 0.25) is 0 Å². The Morgan fingerprint density at radius 2 is 2.12 bits per heavy atom. The standard InChI is InChI=1S/C13H22BrNO/c1-13(2)7-11(13)12(16)15-8-9-4-3-5-10(14)6-9/h9-11H,3-8H2,1-2H3,(H,15,16). The predicted octanol–water partition coefficient (Wildman–Crippen LogP) is 3.10. The summed E-state index contributed by atoms with van der Waals surface area (Å²) >= 11 is 3.68. The highest BCUT2D eigenvalue weighted by Gasteiger charge is 2.50. The lowest BCUT2D eigenvalue weighted by atomic mass is 9.89. The first kappa shape index (κ1) is 12.4. The second-order valence-corrected chi connectivity index (χ2v) is 7.42. The van der Waals surface area contributed by atoms with Gasteiger partial charge in [-0.05, 0) is 37.0 Å². The van der Waals surface area contributed by atoms with Crippen molar-refractivity contribution in [2.45, 2.75) is 50.8 Å². The first-order chi connectivity index (χ1) is 7.49. The van der Waals surface area contributed by atoms with E-state index in [9.17, 15) is 4.79 Å². The molecule has 0 radical (unpaired) electrons. The van der Waals surface area contributed by atoms with Gasteiger partial charge < -0.3 is 5.32 Å². The van der Waals surface area contributed by atoms with Crippen molar-refractivity contribution < 1.29 is 4.79 Å². The lowest BCUT2D eigenvalue weighted by Gasteiger charge is -2.25. The van der Waals surface area contributed by atoms with Gasteiger partial charge in [0.05, 0.1) is 0 Å². The van der Waals surface area contributed by atoms with Gasteiger partial charge in [-0.3, -0.25) is 4.79 Å². The third kappa shape index (κ3) is 2.99. The van der Waals surface area contributed by atoms with E-state index in [-0.39, 0.29) is 17.2 Å². The van der Waals surface area contributed by atoms with Gasteiger partial charge in [0, 0.05) is 17.3 Å². The van der Waals surface area contributed by atoms with Crippen LogP contribution in [0.3, 0.4) is 0 Å². The van der Waals surface area contributed by atoms with Gasteiger partial charge in [-0.15, -0.1) is 0 Å². The summed E-state index contributed by atoms with van der Waals surface area (Å²) in [5.74, 6) is 1.24. The SMILES string of the molecule is CC1(C)CC1C(=O)NCC1CCCC(Br)C1. The second-order valence-electron chi connectivity index (χ2n) is 6.12. The molecular formula is C13H22BrNO. The number of alkyl halides is 1. The maximum absolute atomic E-state index is 11.8. The number of hydrogen-bond donors (Lipinski definition) is 1. The van der Waals surface area contributed by atoms with Gasteiger partial charge in [0.25, 0.3) is 0 Å². The van der Waals surface area contributed by atoms with Gasteiger partial charge >= 0.3 is 0 Å². The van der Waals surface area contributed by atoms with E-state index in [0.29, 0.717) is 10.7 Å². The Bertz CT molecular complexity index is 277. The molecule has 0 aromatic rings.